The van der Waals surface area contributed by atoms with Gasteiger partial charge in [0.1, 0.15) is 12.7 Å². The van der Waals surface area contributed by atoms with Crippen molar-refractivity contribution in [1.82, 2.24) is 35.0 Å². The number of tetrazole rings is 1. The third-order valence-corrected chi connectivity index (χ3v) is 3.99. The molecule has 0 spiro atoms. The van der Waals surface area contributed by atoms with Crippen LogP contribution in [0.4, 0.5) is 5.95 Å². The van der Waals surface area contributed by atoms with Crippen molar-refractivity contribution < 1.29 is 0 Å². The number of aryl methyl sites for hydroxylation is 1. The van der Waals surface area contributed by atoms with Crippen molar-refractivity contribution in [2.75, 3.05) is 18.0 Å². The molecule has 0 saturated carbocycles. The van der Waals surface area contributed by atoms with Gasteiger partial charge < -0.3 is 4.90 Å². The minimum atomic E-state index is 0.311. The molecule has 8 heteroatoms. The van der Waals surface area contributed by atoms with E-state index in [0.29, 0.717) is 6.04 Å². The Kier molecular flexibility index (Phi) is 3.06. The number of aromatic nitrogens is 7. The van der Waals surface area contributed by atoms with E-state index in [0.717, 1.165) is 31.1 Å². The second-order valence-corrected chi connectivity index (χ2v) is 5.49. The van der Waals surface area contributed by atoms with Crippen molar-refractivity contribution in [3.8, 4) is 5.69 Å². The second-order valence-electron chi connectivity index (χ2n) is 5.49. The molecule has 0 N–H and O–H groups in total. The van der Waals surface area contributed by atoms with Crippen molar-refractivity contribution in [3.63, 3.8) is 0 Å². The summed E-state index contributed by atoms with van der Waals surface area (Å²) in [5.41, 5.74) is 2.18. The summed E-state index contributed by atoms with van der Waals surface area (Å²) >= 11 is 0. The average Bonchev–Trinajstić information content (AvgIpc) is 3.27. The maximum Gasteiger partial charge on any atom is 0.250 e. The molecule has 3 heterocycles. The first-order chi connectivity index (χ1) is 10.8. The number of hydrogen-bond donors (Lipinski definition) is 0. The molecule has 22 heavy (non-hydrogen) atoms. The van der Waals surface area contributed by atoms with E-state index in [1.54, 1.807) is 17.3 Å². The highest BCUT2D eigenvalue weighted by Crippen LogP contribution is 2.25. The minimum absolute atomic E-state index is 0.311. The van der Waals surface area contributed by atoms with Gasteiger partial charge >= 0.3 is 0 Å². The lowest BCUT2D eigenvalue weighted by Crippen LogP contribution is -2.24. The number of rotatable bonds is 3. The van der Waals surface area contributed by atoms with E-state index in [9.17, 15) is 0 Å². The molecule has 0 bridgehead atoms. The molecule has 1 aromatic carbocycles. The van der Waals surface area contributed by atoms with E-state index in [4.69, 9.17) is 0 Å². The van der Waals surface area contributed by atoms with Crippen LogP contribution in [0.15, 0.2) is 36.9 Å². The van der Waals surface area contributed by atoms with Crippen LogP contribution in [0, 0.1) is 6.92 Å². The third kappa shape index (κ3) is 2.22. The molecule has 0 radical (unpaired) electrons. The maximum absolute atomic E-state index is 4.22. The highest BCUT2D eigenvalue weighted by molar-refractivity contribution is 5.42. The molecule has 8 nitrogen and oxygen atoms in total. The molecule has 0 aliphatic carbocycles. The van der Waals surface area contributed by atoms with Crippen molar-refractivity contribution in [2.24, 2.45) is 0 Å². The predicted octanol–water partition coefficient (Wildman–Crippen LogP) is 1.01. The zero-order chi connectivity index (χ0) is 14.9. The van der Waals surface area contributed by atoms with E-state index in [-0.39, 0.29) is 0 Å². The van der Waals surface area contributed by atoms with Crippen LogP contribution in [-0.4, -0.2) is 48.1 Å². The zero-order valence-electron chi connectivity index (χ0n) is 12.2. The highest BCUT2D eigenvalue weighted by atomic mass is 15.6. The Morgan fingerprint density at radius 3 is 2.82 bits per heavy atom. The van der Waals surface area contributed by atoms with Gasteiger partial charge in [0, 0.05) is 13.1 Å². The van der Waals surface area contributed by atoms with Crippen molar-refractivity contribution >= 4 is 5.95 Å². The minimum Gasteiger partial charge on any atom is -0.337 e. The number of benzene rings is 1. The zero-order valence-corrected chi connectivity index (χ0v) is 12.2. The van der Waals surface area contributed by atoms with E-state index in [2.05, 4.69) is 49.6 Å². The molecule has 0 amide bonds. The predicted molar refractivity (Wildman–Crippen MR) is 79.8 cm³/mol. The van der Waals surface area contributed by atoms with Crippen LogP contribution in [0.25, 0.3) is 5.69 Å². The van der Waals surface area contributed by atoms with E-state index < -0.39 is 0 Å². The molecule has 1 aliphatic heterocycles. The Labute approximate surface area is 127 Å². The Balaban J connectivity index is 1.59. The van der Waals surface area contributed by atoms with Gasteiger partial charge in [-0.1, -0.05) is 22.8 Å². The monoisotopic (exact) mass is 296 g/mol. The lowest BCUT2D eigenvalue weighted by molar-refractivity contribution is 0.493. The van der Waals surface area contributed by atoms with Gasteiger partial charge in [0.25, 0.3) is 0 Å². The molecule has 1 saturated heterocycles. The quantitative estimate of drug-likeness (QED) is 0.718. The first-order valence-corrected chi connectivity index (χ1v) is 7.26. The van der Waals surface area contributed by atoms with Crippen LogP contribution >= 0.6 is 0 Å². The molecule has 3 aromatic rings. The molecule has 112 valence electrons. The second kappa shape index (κ2) is 5.21. The van der Waals surface area contributed by atoms with E-state index >= 15 is 0 Å². The summed E-state index contributed by atoms with van der Waals surface area (Å²) in [5.74, 6) is 0.770. The van der Waals surface area contributed by atoms with Crippen LogP contribution in [0.3, 0.4) is 0 Å². The summed E-state index contributed by atoms with van der Waals surface area (Å²) in [7, 11) is 0. The summed E-state index contributed by atoms with van der Waals surface area (Å²) in [6, 6.07) is 8.48. The van der Waals surface area contributed by atoms with Crippen molar-refractivity contribution in [3.05, 3.63) is 42.5 Å². The lowest BCUT2D eigenvalue weighted by atomic mass is 10.2. The fourth-order valence-corrected chi connectivity index (χ4v) is 2.78. The molecular formula is C14H16N8. The smallest absolute Gasteiger partial charge is 0.250 e. The van der Waals surface area contributed by atoms with Gasteiger partial charge in [-0.15, -0.1) is 0 Å². The van der Waals surface area contributed by atoms with Gasteiger partial charge in [-0.2, -0.15) is 9.78 Å². The molecule has 1 fully saturated rings. The fourth-order valence-electron chi connectivity index (χ4n) is 2.78. The van der Waals surface area contributed by atoms with Crippen molar-refractivity contribution in [1.29, 1.82) is 0 Å². The molecule has 1 aliphatic rings. The highest BCUT2D eigenvalue weighted by Gasteiger charge is 2.28. The molecule has 1 atom stereocenters. The number of nitrogens with zero attached hydrogens (tertiary/aromatic N) is 8. The van der Waals surface area contributed by atoms with Crippen molar-refractivity contribution in [2.45, 2.75) is 19.4 Å². The Morgan fingerprint density at radius 1 is 1.18 bits per heavy atom. The molecule has 2 aromatic heterocycles. The van der Waals surface area contributed by atoms with E-state index in [1.807, 2.05) is 16.8 Å². The standard InChI is InChI=1S/C14H16N8/c1-11-2-4-12(5-3-11)22-14(17-18-19-22)20-7-6-13(8-20)21-10-15-9-16-21/h2-5,9-10,13H,6-8H2,1H3. The largest absolute Gasteiger partial charge is 0.337 e. The first kappa shape index (κ1) is 12.9. The lowest BCUT2D eigenvalue weighted by Gasteiger charge is -2.17. The average molecular weight is 296 g/mol. The normalized spacial score (nSPS) is 18.0. The Hall–Kier alpha value is -2.77. The van der Waals surface area contributed by atoms with E-state index in [1.165, 1.54) is 5.56 Å². The molecule has 4 rings (SSSR count). The summed E-state index contributed by atoms with van der Waals surface area (Å²) in [5, 5.41) is 16.4. The topological polar surface area (TPSA) is 77.5 Å². The van der Waals surface area contributed by atoms with Gasteiger partial charge in [0.05, 0.1) is 11.7 Å². The van der Waals surface area contributed by atoms with Gasteiger partial charge in [0.2, 0.25) is 5.95 Å². The summed E-state index contributed by atoms with van der Waals surface area (Å²) in [4.78, 5) is 6.20. The SMILES string of the molecule is Cc1ccc(-n2nnnc2N2CCC(n3cncn3)C2)cc1. The summed E-state index contributed by atoms with van der Waals surface area (Å²) in [6.45, 7) is 3.79. The summed E-state index contributed by atoms with van der Waals surface area (Å²) < 4.78 is 3.68. The Bertz CT molecular complexity index is 746. The third-order valence-electron chi connectivity index (χ3n) is 3.99. The number of anilines is 1. The van der Waals surface area contributed by atoms with Gasteiger partial charge in [-0.25, -0.2) is 9.67 Å². The number of hydrogen-bond acceptors (Lipinski definition) is 6. The first-order valence-electron chi connectivity index (χ1n) is 7.26. The van der Waals surface area contributed by atoms with Gasteiger partial charge in [-0.3, -0.25) is 0 Å². The van der Waals surface area contributed by atoms with Crippen LogP contribution < -0.4 is 4.90 Å². The van der Waals surface area contributed by atoms with Crippen LogP contribution in [0.5, 0.6) is 0 Å². The van der Waals surface area contributed by atoms with Crippen LogP contribution in [-0.2, 0) is 0 Å². The summed E-state index contributed by atoms with van der Waals surface area (Å²) in [6.07, 6.45) is 4.33. The van der Waals surface area contributed by atoms with Crippen LogP contribution in [0.1, 0.15) is 18.0 Å². The molecular weight excluding hydrogens is 280 g/mol. The fraction of sp³-hybridized carbons (Fsp3) is 0.357. The van der Waals surface area contributed by atoms with Gasteiger partial charge in [0.15, 0.2) is 0 Å². The Morgan fingerprint density at radius 2 is 2.05 bits per heavy atom. The van der Waals surface area contributed by atoms with Gasteiger partial charge in [-0.05, 0) is 35.9 Å². The van der Waals surface area contributed by atoms with Crippen LogP contribution in [0.2, 0.25) is 0 Å². The maximum atomic E-state index is 4.22. The molecule has 1 unspecified atom stereocenters.